The van der Waals surface area contributed by atoms with Crippen molar-refractivity contribution in [3.63, 3.8) is 0 Å². The third-order valence-corrected chi connectivity index (χ3v) is 3.94. The molecule has 0 unspecified atom stereocenters. The molecule has 1 fully saturated rings. The van der Waals surface area contributed by atoms with E-state index in [0.717, 1.165) is 48.4 Å². The van der Waals surface area contributed by atoms with Crippen LogP contribution < -0.4 is 4.90 Å². The monoisotopic (exact) mass is 328 g/mol. The Balaban J connectivity index is 1.67. The quantitative estimate of drug-likeness (QED) is 0.843. The molecule has 1 saturated heterocycles. The van der Waals surface area contributed by atoms with Crippen LogP contribution in [0.4, 0.5) is 5.95 Å². The fourth-order valence-corrected chi connectivity index (χ4v) is 2.82. The van der Waals surface area contributed by atoms with Crippen LogP contribution in [0.5, 0.6) is 0 Å². The lowest BCUT2D eigenvalue weighted by Crippen LogP contribution is -2.38. The van der Waals surface area contributed by atoms with Crippen molar-refractivity contribution in [3.8, 4) is 0 Å². The largest absolute Gasteiger partial charge is 0.368 e. The molecule has 0 aromatic carbocycles. The molecule has 2 aromatic rings. The van der Waals surface area contributed by atoms with E-state index in [1.165, 1.54) is 0 Å². The van der Waals surface area contributed by atoms with Crippen LogP contribution in [0.3, 0.4) is 0 Å². The zero-order chi connectivity index (χ0) is 17.1. The summed E-state index contributed by atoms with van der Waals surface area (Å²) in [7, 11) is 3.87. The average Bonchev–Trinajstić information content (AvgIpc) is 2.55. The van der Waals surface area contributed by atoms with Crippen LogP contribution in [0.2, 0.25) is 0 Å². The molecule has 7 nitrogen and oxygen atoms in total. The Morgan fingerprint density at radius 2 is 1.83 bits per heavy atom. The number of hydrogen-bond donors (Lipinski definition) is 0. The first-order valence-electron chi connectivity index (χ1n) is 8.15. The van der Waals surface area contributed by atoms with Gasteiger partial charge in [0.05, 0.1) is 6.61 Å². The summed E-state index contributed by atoms with van der Waals surface area (Å²) in [5.74, 6) is 1.50. The Kier molecular flexibility index (Phi) is 5.01. The van der Waals surface area contributed by atoms with Gasteiger partial charge in [0.15, 0.2) is 5.82 Å². The van der Waals surface area contributed by atoms with Gasteiger partial charge in [0, 0.05) is 63.1 Å². The van der Waals surface area contributed by atoms with Crippen LogP contribution in [0, 0.1) is 13.8 Å². The fraction of sp³-hybridized carbons (Fsp3) is 0.529. The van der Waals surface area contributed by atoms with E-state index in [9.17, 15) is 0 Å². The molecule has 0 bridgehead atoms. The number of anilines is 1. The molecule has 0 saturated carbocycles. The van der Waals surface area contributed by atoms with Crippen molar-refractivity contribution >= 4 is 5.95 Å². The van der Waals surface area contributed by atoms with Gasteiger partial charge in [0.1, 0.15) is 6.10 Å². The number of rotatable bonds is 4. The number of aromatic nitrogens is 4. The van der Waals surface area contributed by atoms with Crippen molar-refractivity contribution in [2.24, 2.45) is 0 Å². The third kappa shape index (κ3) is 4.04. The van der Waals surface area contributed by atoms with E-state index in [4.69, 9.17) is 4.74 Å². The van der Waals surface area contributed by atoms with E-state index in [1.807, 2.05) is 51.3 Å². The van der Waals surface area contributed by atoms with Crippen LogP contribution in [-0.4, -0.2) is 58.6 Å². The second-order valence-electron chi connectivity index (χ2n) is 6.39. The van der Waals surface area contributed by atoms with Crippen molar-refractivity contribution in [1.82, 2.24) is 24.8 Å². The van der Waals surface area contributed by atoms with Crippen LogP contribution in [-0.2, 0) is 11.3 Å². The van der Waals surface area contributed by atoms with Gasteiger partial charge in [-0.25, -0.2) is 19.9 Å². The Hall–Kier alpha value is -2.12. The summed E-state index contributed by atoms with van der Waals surface area (Å²) in [4.78, 5) is 22.1. The van der Waals surface area contributed by atoms with Crippen molar-refractivity contribution in [1.29, 1.82) is 0 Å². The van der Waals surface area contributed by atoms with E-state index in [0.29, 0.717) is 6.61 Å². The van der Waals surface area contributed by atoms with Crippen LogP contribution in [0.15, 0.2) is 18.5 Å². The van der Waals surface area contributed by atoms with Gasteiger partial charge >= 0.3 is 0 Å². The summed E-state index contributed by atoms with van der Waals surface area (Å²) >= 11 is 0. The Labute approximate surface area is 142 Å². The molecule has 24 heavy (non-hydrogen) atoms. The minimum Gasteiger partial charge on any atom is -0.368 e. The number of hydrogen-bond acceptors (Lipinski definition) is 7. The lowest BCUT2D eigenvalue weighted by atomic mass is 10.2. The van der Waals surface area contributed by atoms with Gasteiger partial charge in [-0.15, -0.1) is 0 Å². The van der Waals surface area contributed by atoms with E-state index >= 15 is 0 Å². The molecule has 1 aliphatic heterocycles. The maximum Gasteiger partial charge on any atom is 0.224 e. The maximum atomic E-state index is 5.89. The predicted molar refractivity (Wildman–Crippen MR) is 91.8 cm³/mol. The highest BCUT2D eigenvalue weighted by Crippen LogP contribution is 2.21. The number of aryl methyl sites for hydroxylation is 2. The summed E-state index contributed by atoms with van der Waals surface area (Å²) in [5.41, 5.74) is 3.05. The highest BCUT2D eigenvalue weighted by Gasteiger charge is 2.24. The van der Waals surface area contributed by atoms with Gasteiger partial charge in [-0.3, -0.25) is 4.90 Å². The summed E-state index contributed by atoms with van der Waals surface area (Å²) in [6.45, 7) is 7.12. The molecule has 7 heteroatoms. The van der Waals surface area contributed by atoms with Crippen LogP contribution in [0.25, 0.3) is 0 Å². The molecule has 0 spiro atoms. The van der Waals surface area contributed by atoms with Gasteiger partial charge in [-0.2, -0.15) is 0 Å². The third-order valence-electron chi connectivity index (χ3n) is 3.94. The van der Waals surface area contributed by atoms with Gasteiger partial charge < -0.3 is 9.64 Å². The Morgan fingerprint density at radius 3 is 2.46 bits per heavy atom. The molecule has 128 valence electrons. The summed E-state index contributed by atoms with van der Waals surface area (Å²) in [5, 5.41) is 0. The first-order chi connectivity index (χ1) is 11.5. The summed E-state index contributed by atoms with van der Waals surface area (Å²) < 4.78 is 5.89. The van der Waals surface area contributed by atoms with Gasteiger partial charge in [-0.1, -0.05) is 0 Å². The molecule has 0 N–H and O–H groups in total. The number of morpholine rings is 1. The molecule has 2 aromatic heterocycles. The van der Waals surface area contributed by atoms with E-state index in [-0.39, 0.29) is 6.10 Å². The molecule has 1 aliphatic rings. The topological polar surface area (TPSA) is 67.3 Å². The molecule has 0 aliphatic carbocycles. The summed E-state index contributed by atoms with van der Waals surface area (Å²) in [6.07, 6.45) is 3.69. The van der Waals surface area contributed by atoms with E-state index < -0.39 is 0 Å². The molecular formula is C17H24N6O. The second kappa shape index (κ2) is 7.19. The molecule has 0 radical (unpaired) electrons. The number of nitrogens with zero attached hydrogens (tertiary/aromatic N) is 6. The fourth-order valence-electron chi connectivity index (χ4n) is 2.82. The van der Waals surface area contributed by atoms with E-state index in [2.05, 4.69) is 24.8 Å². The zero-order valence-corrected chi connectivity index (χ0v) is 14.7. The predicted octanol–water partition coefficient (Wildman–Crippen LogP) is 1.52. The van der Waals surface area contributed by atoms with Crippen LogP contribution in [0.1, 0.15) is 28.9 Å². The molecule has 3 rings (SSSR count). The zero-order valence-electron chi connectivity index (χ0n) is 14.7. The maximum absolute atomic E-state index is 5.89. The molecule has 1 atom stereocenters. The molecular weight excluding hydrogens is 304 g/mol. The van der Waals surface area contributed by atoms with Crippen molar-refractivity contribution in [2.45, 2.75) is 26.5 Å². The average molecular weight is 328 g/mol. The highest BCUT2D eigenvalue weighted by molar-refractivity contribution is 5.26. The Morgan fingerprint density at radius 1 is 1.17 bits per heavy atom. The van der Waals surface area contributed by atoms with Gasteiger partial charge in [-0.05, 0) is 19.9 Å². The molecule has 0 amide bonds. The lowest BCUT2D eigenvalue weighted by molar-refractivity contribution is -0.0374. The lowest BCUT2D eigenvalue weighted by Gasteiger charge is -2.32. The second-order valence-corrected chi connectivity index (χ2v) is 6.39. The first-order valence-corrected chi connectivity index (χ1v) is 8.15. The highest BCUT2D eigenvalue weighted by atomic mass is 16.5. The van der Waals surface area contributed by atoms with Crippen molar-refractivity contribution < 1.29 is 4.74 Å². The minimum atomic E-state index is -0.0840. The van der Waals surface area contributed by atoms with E-state index in [1.54, 1.807) is 0 Å². The smallest absolute Gasteiger partial charge is 0.224 e. The van der Waals surface area contributed by atoms with Crippen LogP contribution >= 0.6 is 0 Å². The summed E-state index contributed by atoms with van der Waals surface area (Å²) in [6, 6.07) is 1.98. The SMILES string of the molecule is Cc1cc(C)nc([C@H]2CN(Cc3cnc(N(C)C)nc3)CCO2)n1. The minimum absolute atomic E-state index is 0.0840. The first kappa shape index (κ1) is 16.7. The van der Waals surface area contributed by atoms with Gasteiger partial charge in [0.2, 0.25) is 5.95 Å². The van der Waals surface area contributed by atoms with Gasteiger partial charge in [0.25, 0.3) is 0 Å². The van der Waals surface area contributed by atoms with Crippen molar-refractivity contribution in [3.05, 3.63) is 41.2 Å². The Bertz CT molecular complexity index is 668. The number of ether oxygens (including phenoxy) is 1. The van der Waals surface area contributed by atoms with Crippen molar-refractivity contribution in [2.75, 3.05) is 38.7 Å². The normalized spacial score (nSPS) is 18.6. The molecule has 3 heterocycles. The standard InChI is InChI=1S/C17H24N6O/c1-12-7-13(2)21-16(20-12)15-11-23(5-6-24-15)10-14-8-18-17(19-9-14)22(3)4/h7-9,15H,5-6,10-11H2,1-4H3/t15-/m1/s1.